The molecule has 0 fully saturated rings. The van der Waals surface area contributed by atoms with Gasteiger partial charge in [-0.3, -0.25) is 19.5 Å². The molecule has 0 spiro atoms. The number of amides is 1. The molecule has 2 aliphatic rings. The normalized spacial score (nSPS) is 22.0. The number of aromatic nitrogens is 1. The molecular formula is C22H21ClN2O2. The van der Waals surface area contributed by atoms with E-state index in [0.29, 0.717) is 23.6 Å². The number of ketones is 1. The zero-order chi connectivity index (χ0) is 19.2. The summed E-state index contributed by atoms with van der Waals surface area (Å²) in [5.74, 6) is -0.220. The second kappa shape index (κ2) is 6.61. The predicted molar refractivity (Wildman–Crippen MR) is 106 cm³/mol. The Balaban J connectivity index is 1.92. The fraction of sp³-hybridized carbons (Fsp3) is 0.318. The second-order valence-electron chi connectivity index (χ2n) is 8.02. The smallest absolute Gasteiger partial charge is 0.232 e. The molecule has 0 N–H and O–H groups in total. The van der Waals surface area contributed by atoms with Crippen LogP contribution in [0.2, 0.25) is 5.02 Å². The third kappa shape index (κ3) is 3.19. The topological polar surface area (TPSA) is 50.3 Å². The molecule has 4 rings (SSSR count). The number of carbonyl (C=O) groups excluding carboxylic acids is 2. The van der Waals surface area contributed by atoms with Crippen LogP contribution in [0.4, 0.5) is 5.69 Å². The van der Waals surface area contributed by atoms with Crippen LogP contribution < -0.4 is 4.90 Å². The number of benzene rings is 1. The van der Waals surface area contributed by atoms with Crippen LogP contribution in [0.3, 0.4) is 0 Å². The van der Waals surface area contributed by atoms with Gasteiger partial charge in [0.2, 0.25) is 5.91 Å². The maximum absolute atomic E-state index is 13.2. The Morgan fingerprint density at radius 3 is 2.59 bits per heavy atom. The molecule has 2 aromatic rings. The van der Waals surface area contributed by atoms with Gasteiger partial charge in [-0.15, -0.1) is 0 Å². The molecule has 1 aromatic heterocycles. The largest absolute Gasteiger partial charge is 0.294 e. The number of hydrogen-bond donors (Lipinski definition) is 0. The van der Waals surface area contributed by atoms with E-state index in [1.54, 1.807) is 23.4 Å². The molecule has 0 radical (unpaired) electrons. The van der Waals surface area contributed by atoms with Gasteiger partial charge >= 0.3 is 0 Å². The van der Waals surface area contributed by atoms with Gasteiger partial charge in [-0.05, 0) is 35.6 Å². The van der Waals surface area contributed by atoms with E-state index in [-0.39, 0.29) is 29.4 Å². The van der Waals surface area contributed by atoms with Crippen molar-refractivity contribution in [2.45, 2.75) is 39.0 Å². The number of rotatable bonds is 2. The van der Waals surface area contributed by atoms with E-state index >= 15 is 0 Å². The summed E-state index contributed by atoms with van der Waals surface area (Å²) in [6.45, 7) is 4.14. The van der Waals surface area contributed by atoms with Crippen LogP contribution in [-0.2, 0) is 9.59 Å². The molecular weight excluding hydrogens is 360 g/mol. The van der Waals surface area contributed by atoms with Crippen LogP contribution in [0.15, 0.2) is 60.1 Å². The molecule has 1 amide bonds. The highest BCUT2D eigenvalue weighted by molar-refractivity contribution is 6.31. The summed E-state index contributed by atoms with van der Waals surface area (Å²) in [6.07, 6.45) is 4.71. The second-order valence-corrected chi connectivity index (χ2v) is 8.43. The lowest BCUT2D eigenvalue weighted by Gasteiger charge is -2.42. The van der Waals surface area contributed by atoms with Gasteiger partial charge in [-0.25, -0.2) is 0 Å². The van der Waals surface area contributed by atoms with E-state index in [0.717, 1.165) is 16.8 Å². The highest BCUT2D eigenvalue weighted by Gasteiger charge is 2.44. The summed E-state index contributed by atoms with van der Waals surface area (Å²) in [7, 11) is 0. The number of hydrogen-bond acceptors (Lipinski definition) is 3. The fourth-order valence-electron chi connectivity index (χ4n) is 4.22. The summed E-state index contributed by atoms with van der Waals surface area (Å²) in [5.41, 5.74) is 2.88. The summed E-state index contributed by atoms with van der Waals surface area (Å²) in [5, 5.41) is 0.592. The number of anilines is 1. The van der Waals surface area contributed by atoms with E-state index in [9.17, 15) is 9.59 Å². The lowest BCUT2D eigenvalue weighted by Crippen LogP contribution is -2.43. The maximum Gasteiger partial charge on any atom is 0.232 e. The van der Waals surface area contributed by atoms with Crippen molar-refractivity contribution in [2.24, 2.45) is 5.41 Å². The number of allylic oxidation sites excluding steroid dienone is 2. The van der Waals surface area contributed by atoms with E-state index < -0.39 is 0 Å². The van der Waals surface area contributed by atoms with Gasteiger partial charge in [-0.2, -0.15) is 0 Å². The van der Waals surface area contributed by atoms with Gasteiger partial charge in [0.25, 0.3) is 0 Å². The van der Waals surface area contributed by atoms with E-state index in [1.165, 1.54) is 0 Å². The van der Waals surface area contributed by atoms with Gasteiger partial charge in [0.15, 0.2) is 5.78 Å². The van der Waals surface area contributed by atoms with Crippen molar-refractivity contribution in [3.05, 3.63) is 70.6 Å². The summed E-state index contributed by atoms with van der Waals surface area (Å²) < 4.78 is 0. The van der Waals surface area contributed by atoms with E-state index in [2.05, 4.69) is 18.8 Å². The average molecular weight is 381 g/mol. The highest BCUT2D eigenvalue weighted by Crippen LogP contribution is 2.48. The molecule has 1 atom stereocenters. The number of nitrogens with zero attached hydrogens (tertiary/aromatic N) is 2. The average Bonchev–Trinajstić information content (AvgIpc) is 2.61. The standard InChI is InChI=1S/C22H21ClN2O2/c1-22(2)11-18-21(19(26)12-22)16(15-7-3-4-8-17(15)23)10-20(27)25(18)14-6-5-9-24-13-14/h3-9,13,16H,10-12H2,1-2H3. The van der Waals surface area contributed by atoms with E-state index in [1.807, 2.05) is 30.3 Å². The lowest BCUT2D eigenvalue weighted by molar-refractivity contribution is -0.121. The van der Waals surface area contributed by atoms with Gasteiger partial charge in [0.05, 0.1) is 11.9 Å². The molecule has 1 aromatic carbocycles. The SMILES string of the molecule is CC1(C)CC(=O)C2=C(C1)N(c1cccnc1)C(=O)CC2c1ccccc1Cl. The van der Waals surface area contributed by atoms with Crippen LogP contribution in [0.1, 0.15) is 44.6 Å². The lowest BCUT2D eigenvalue weighted by atomic mass is 9.69. The van der Waals surface area contributed by atoms with Crippen molar-refractivity contribution < 1.29 is 9.59 Å². The number of Topliss-reactive ketones (excluding diaryl/α,β-unsaturated/α-hetero) is 1. The van der Waals surface area contributed by atoms with Crippen molar-refractivity contribution in [3.8, 4) is 0 Å². The molecule has 0 saturated heterocycles. The minimum atomic E-state index is -0.294. The van der Waals surface area contributed by atoms with Crippen molar-refractivity contribution in [1.29, 1.82) is 0 Å². The van der Waals surface area contributed by atoms with Crippen molar-refractivity contribution in [1.82, 2.24) is 4.98 Å². The van der Waals surface area contributed by atoms with Crippen molar-refractivity contribution in [3.63, 3.8) is 0 Å². The Kier molecular flexibility index (Phi) is 4.39. The van der Waals surface area contributed by atoms with Crippen LogP contribution in [0.5, 0.6) is 0 Å². The number of pyridine rings is 1. The Hall–Kier alpha value is -2.46. The molecule has 138 valence electrons. The first kappa shape index (κ1) is 17.9. The number of carbonyl (C=O) groups is 2. The predicted octanol–water partition coefficient (Wildman–Crippen LogP) is 4.90. The summed E-state index contributed by atoms with van der Waals surface area (Å²) >= 11 is 6.42. The quantitative estimate of drug-likeness (QED) is 0.744. The molecule has 27 heavy (non-hydrogen) atoms. The van der Waals surface area contributed by atoms with Crippen LogP contribution in [0, 0.1) is 5.41 Å². The minimum absolute atomic E-state index is 0.0304. The third-order valence-electron chi connectivity index (χ3n) is 5.33. The Morgan fingerprint density at radius 2 is 1.89 bits per heavy atom. The summed E-state index contributed by atoms with van der Waals surface area (Å²) in [4.78, 5) is 32.2. The Bertz CT molecular complexity index is 950. The zero-order valence-electron chi connectivity index (χ0n) is 15.4. The molecule has 0 saturated carbocycles. The van der Waals surface area contributed by atoms with Crippen molar-refractivity contribution in [2.75, 3.05) is 4.90 Å². The molecule has 5 heteroatoms. The molecule has 2 heterocycles. The van der Waals surface area contributed by atoms with Gasteiger partial charge in [0.1, 0.15) is 0 Å². The van der Waals surface area contributed by atoms with Crippen LogP contribution >= 0.6 is 11.6 Å². The first-order valence-electron chi connectivity index (χ1n) is 9.11. The first-order chi connectivity index (χ1) is 12.9. The third-order valence-corrected chi connectivity index (χ3v) is 5.67. The number of halogens is 1. The minimum Gasteiger partial charge on any atom is -0.294 e. The molecule has 4 nitrogen and oxygen atoms in total. The maximum atomic E-state index is 13.2. The zero-order valence-corrected chi connectivity index (χ0v) is 16.2. The highest BCUT2D eigenvalue weighted by atomic mass is 35.5. The van der Waals surface area contributed by atoms with Gasteiger partial charge < -0.3 is 0 Å². The molecule has 1 unspecified atom stereocenters. The fourth-order valence-corrected chi connectivity index (χ4v) is 4.49. The van der Waals surface area contributed by atoms with Gasteiger partial charge in [0, 0.05) is 41.2 Å². The van der Waals surface area contributed by atoms with Crippen LogP contribution in [0.25, 0.3) is 0 Å². The molecule has 1 aliphatic carbocycles. The first-order valence-corrected chi connectivity index (χ1v) is 9.49. The molecule has 0 bridgehead atoms. The van der Waals surface area contributed by atoms with Gasteiger partial charge in [-0.1, -0.05) is 43.6 Å². The molecule has 1 aliphatic heterocycles. The monoisotopic (exact) mass is 380 g/mol. The van der Waals surface area contributed by atoms with E-state index in [4.69, 9.17) is 11.6 Å². The van der Waals surface area contributed by atoms with Crippen LogP contribution in [-0.4, -0.2) is 16.7 Å². The summed E-state index contributed by atoms with van der Waals surface area (Å²) in [6, 6.07) is 11.1. The Labute approximate surface area is 163 Å². The Morgan fingerprint density at radius 1 is 1.11 bits per heavy atom. The van der Waals surface area contributed by atoms with Crippen molar-refractivity contribution >= 4 is 29.0 Å².